The Labute approximate surface area is 142 Å². The van der Waals surface area contributed by atoms with E-state index in [1.54, 1.807) is 46.1 Å². The first-order valence-electron chi connectivity index (χ1n) is 6.97. The molecule has 0 bridgehead atoms. The molecule has 0 saturated heterocycles. The lowest BCUT2D eigenvalue weighted by Crippen LogP contribution is -2.29. The molecule has 0 aliphatic heterocycles. The molecule has 0 atom stereocenters. The summed E-state index contributed by atoms with van der Waals surface area (Å²) in [6, 6.07) is 7.32. The highest BCUT2D eigenvalue weighted by molar-refractivity contribution is 7.12. The van der Waals surface area contributed by atoms with Gasteiger partial charge in [0.2, 0.25) is 0 Å². The number of Topliss-reactive ketones (excluding diaryl/α,β-unsaturated/α-hetero) is 1. The van der Waals surface area contributed by atoms with Crippen molar-refractivity contribution in [2.75, 3.05) is 4.90 Å². The monoisotopic (exact) mass is 342 g/mol. The van der Waals surface area contributed by atoms with E-state index in [1.165, 1.54) is 18.3 Å². The Kier molecular flexibility index (Phi) is 4.64. The fourth-order valence-corrected chi connectivity index (χ4v) is 3.68. The number of ketones is 1. The molecule has 23 heavy (non-hydrogen) atoms. The maximum absolute atomic E-state index is 12.9. The van der Waals surface area contributed by atoms with Crippen LogP contribution in [0.1, 0.15) is 32.5 Å². The van der Waals surface area contributed by atoms with Crippen molar-refractivity contribution in [3.8, 4) is 0 Å². The lowest BCUT2D eigenvalue weighted by molar-refractivity contribution is 0.0988. The number of rotatable bonds is 5. The number of amides is 1. The summed E-state index contributed by atoms with van der Waals surface area (Å²) < 4.78 is 0. The Morgan fingerprint density at radius 1 is 1.26 bits per heavy atom. The largest absolute Gasteiger partial charge is 0.302 e. The van der Waals surface area contributed by atoms with Crippen LogP contribution in [-0.2, 0) is 6.54 Å². The second kappa shape index (κ2) is 6.85. The molecule has 4 nitrogen and oxygen atoms in total. The molecule has 0 fully saturated rings. The van der Waals surface area contributed by atoms with Gasteiger partial charge in [0.05, 0.1) is 23.3 Å². The number of anilines is 1. The maximum Gasteiger partial charge on any atom is 0.268 e. The zero-order valence-electron chi connectivity index (χ0n) is 12.4. The molecule has 0 N–H and O–H groups in total. The fourth-order valence-electron chi connectivity index (χ4n) is 2.12. The van der Waals surface area contributed by atoms with Crippen LogP contribution in [0.25, 0.3) is 0 Å². The van der Waals surface area contributed by atoms with Gasteiger partial charge in [0.25, 0.3) is 5.91 Å². The summed E-state index contributed by atoms with van der Waals surface area (Å²) in [6.07, 6.45) is 3.35. The first-order valence-corrected chi connectivity index (χ1v) is 8.80. The molecule has 116 valence electrons. The molecule has 0 aromatic carbocycles. The Hall–Kier alpha value is -2.31. The Balaban J connectivity index is 1.93. The van der Waals surface area contributed by atoms with Gasteiger partial charge in [-0.15, -0.1) is 11.3 Å². The van der Waals surface area contributed by atoms with Crippen LogP contribution in [0.5, 0.6) is 0 Å². The topological polar surface area (TPSA) is 50.3 Å². The normalized spacial score (nSPS) is 10.5. The van der Waals surface area contributed by atoms with Crippen LogP contribution < -0.4 is 4.90 Å². The molecule has 3 rings (SSSR count). The van der Waals surface area contributed by atoms with E-state index >= 15 is 0 Å². The summed E-state index contributed by atoms with van der Waals surface area (Å²) in [6.45, 7) is 1.97. The minimum atomic E-state index is -0.123. The SMILES string of the molecule is CC(=O)c1csc(C(=O)N(Cc2ccsc2)c2cccnc2)c1. The van der Waals surface area contributed by atoms with Gasteiger partial charge in [-0.2, -0.15) is 11.3 Å². The number of hydrogen-bond acceptors (Lipinski definition) is 5. The van der Waals surface area contributed by atoms with Gasteiger partial charge in [-0.1, -0.05) is 0 Å². The minimum absolute atomic E-state index is 0.0361. The highest BCUT2D eigenvalue weighted by Gasteiger charge is 2.21. The molecular weight excluding hydrogens is 328 g/mol. The van der Waals surface area contributed by atoms with Crippen molar-refractivity contribution in [2.45, 2.75) is 13.5 Å². The van der Waals surface area contributed by atoms with Gasteiger partial charge < -0.3 is 4.90 Å². The summed E-state index contributed by atoms with van der Waals surface area (Å²) in [4.78, 5) is 30.7. The molecule has 0 unspecified atom stereocenters. The molecule has 0 spiro atoms. The fraction of sp³-hybridized carbons (Fsp3) is 0.118. The molecule has 3 aromatic rings. The van der Waals surface area contributed by atoms with Crippen LogP contribution in [0.4, 0.5) is 5.69 Å². The molecule has 3 aromatic heterocycles. The third-order valence-electron chi connectivity index (χ3n) is 3.34. The molecule has 0 radical (unpaired) electrons. The predicted octanol–water partition coefficient (Wildman–Crippen LogP) is 4.25. The highest BCUT2D eigenvalue weighted by atomic mass is 32.1. The van der Waals surface area contributed by atoms with E-state index < -0.39 is 0 Å². The van der Waals surface area contributed by atoms with E-state index in [1.807, 2.05) is 22.9 Å². The van der Waals surface area contributed by atoms with Crippen LogP contribution in [0.2, 0.25) is 0 Å². The molecular formula is C17H14N2O2S2. The number of pyridine rings is 1. The van der Waals surface area contributed by atoms with E-state index in [-0.39, 0.29) is 11.7 Å². The Morgan fingerprint density at radius 2 is 2.13 bits per heavy atom. The number of carbonyl (C=O) groups excluding carboxylic acids is 2. The van der Waals surface area contributed by atoms with E-state index in [9.17, 15) is 9.59 Å². The number of nitrogens with zero attached hydrogens (tertiary/aromatic N) is 2. The van der Waals surface area contributed by atoms with Crippen molar-refractivity contribution in [2.24, 2.45) is 0 Å². The van der Waals surface area contributed by atoms with E-state index in [4.69, 9.17) is 0 Å². The number of hydrogen-bond donors (Lipinski definition) is 0. The molecule has 3 heterocycles. The predicted molar refractivity (Wildman–Crippen MR) is 93.4 cm³/mol. The lowest BCUT2D eigenvalue weighted by Gasteiger charge is -2.21. The summed E-state index contributed by atoms with van der Waals surface area (Å²) in [7, 11) is 0. The Bertz CT molecular complexity index is 810. The molecule has 1 amide bonds. The average Bonchev–Trinajstić information content (AvgIpc) is 3.24. The third-order valence-corrected chi connectivity index (χ3v) is 4.99. The molecule has 0 aliphatic rings. The van der Waals surface area contributed by atoms with Crippen LogP contribution in [0.15, 0.2) is 52.8 Å². The average molecular weight is 342 g/mol. The van der Waals surface area contributed by atoms with Crippen LogP contribution in [0.3, 0.4) is 0 Å². The van der Waals surface area contributed by atoms with Crippen molar-refractivity contribution < 1.29 is 9.59 Å². The number of carbonyl (C=O) groups is 2. The summed E-state index contributed by atoms with van der Waals surface area (Å²) in [5.74, 6) is -0.159. The van der Waals surface area contributed by atoms with Gasteiger partial charge >= 0.3 is 0 Å². The summed E-state index contributed by atoms with van der Waals surface area (Å²) in [5, 5.41) is 5.73. The lowest BCUT2D eigenvalue weighted by atomic mass is 10.2. The van der Waals surface area contributed by atoms with Crippen molar-refractivity contribution in [3.05, 3.63) is 68.8 Å². The van der Waals surface area contributed by atoms with Crippen molar-refractivity contribution in [1.82, 2.24) is 4.98 Å². The summed E-state index contributed by atoms with van der Waals surface area (Å²) >= 11 is 2.89. The van der Waals surface area contributed by atoms with Gasteiger partial charge in [0, 0.05) is 17.1 Å². The van der Waals surface area contributed by atoms with Crippen LogP contribution in [-0.4, -0.2) is 16.7 Å². The minimum Gasteiger partial charge on any atom is -0.302 e. The van der Waals surface area contributed by atoms with E-state index in [0.29, 0.717) is 17.0 Å². The molecule has 6 heteroatoms. The maximum atomic E-state index is 12.9. The molecule has 0 aliphatic carbocycles. The van der Waals surface area contributed by atoms with Crippen molar-refractivity contribution in [3.63, 3.8) is 0 Å². The third kappa shape index (κ3) is 3.55. The Morgan fingerprint density at radius 3 is 2.74 bits per heavy atom. The van der Waals surface area contributed by atoms with E-state index in [2.05, 4.69) is 4.98 Å². The zero-order chi connectivity index (χ0) is 16.2. The van der Waals surface area contributed by atoms with Crippen molar-refractivity contribution in [1.29, 1.82) is 0 Å². The van der Waals surface area contributed by atoms with Gasteiger partial charge in [0.15, 0.2) is 5.78 Å². The second-order valence-corrected chi connectivity index (χ2v) is 6.68. The van der Waals surface area contributed by atoms with Gasteiger partial charge in [0.1, 0.15) is 0 Å². The number of aromatic nitrogens is 1. The van der Waals surface area contributed by atoms with Gasteiger partial charge in [-0.05, 0) is 47.5 Å². The zero-order valence-corrected chi connectivity index (χ0v) is 14.1. The van der Waals surface area contributed by atoms with Crippen LogP contribution >= 0.6 is 22.7 Å². The smallest absolute Gasteiger partial charge is 0.268 e. The standard InChI is InChI=1S/C17H14N2O2S2/c1-12(20)14-7-16(23-11-14)17(21)19(9-13-4-6-22-10-13)15-3-2-5-18-8-15/h2-8,10-11H,9H2,1H3. The quantitative estimate of drug-likeness (QED) is 0.651. The van der Waals surface area contributed by atoms with Gasteiger partial charge in [-0.25, -0.2) is 0 Å². The first kappa shape index (κ1) is 15.6. The highest BCUT2D eigenvalue weighted by Crippen LogP contribution is 2.23. The second-order valence-electron chi connectivity index (χ2n) is 4.99. The molecule has 0 saturated carbocycles. The number of thiophene rings is 2. The van der Waals surface area contributed by atoms with E-state index in [0.717, 1.165) is 11.3 Å². The summed E-state index contributed by atoms with van der Waals surface area (Å²) in [5.41, 5.74) is 2.37. The first-order chi connectivity index (χ1) is 11.1. The van der Waals surface area contributed by atoms with Crippen molar-refractivity contribution >= 4 is 40.1 Å². The van der Waals surface area contributed by atoms with Gasteiger partial charge in [-0.3, -0.25) is 14.6 Å². The van der Waals surface area contributed by atoms with Crippen LogP contribution in [0, 0.1) is 0 Å².